The second-order valence-corrected chi connectivity index (χ2v) is 5.34. The molecule has 0 saturated carbocycles. The smallest absolute Gasteiger partial charge is 0.261 e. The fraction of sp³-hybridized carbons (Fsp3) is 0.143. The summed E-state index contributed by atoms with van der Waals surface area (Å²) in [6.45, 7) is 4.00. The van der Waals surface area contributed by atoms with Gasteiger partial charge in [-0.3, -0.25) is 4.79 Å². The van der Waals surface area contributed by atoms with E-state index in [1.165, 1.54) is 12.3 Å². The Balaban J connectivity index is 0.00000136. The Morgan fingerprint density at radius 1 is 0.929 bits per heavy atom. The van der Waals surface area contributed by atoms with E-state index in [0.29, 0.717) is 11.5 Å². The first-order chi connectivity index (χ1) is 13.6. The number of pyridine rings is 1. The summed E-state index contributed by atoms with van der Waals surface area (Å²) in [5.41, 5.74) is 0.495. The maximum absolute atomic E-state index is 13.6. The monoisotopic (exact) mass is 385 g/mol. The average Bonchev–Trinajstić information content (AvgIpc) is 2.71. The van der Waals surface area contributed by atoms with Crippen LogP contribution in [-0.4, -0.2) is 18.0 Å². The van der Waals surface area contributed by atoms with Gasteiger partial charge in [-0.1, -0.05) is 19.9 Å². The van der Waals surface area contributed by atoms with Crippen LogP contribution in [0.15, 0.2) is 60.8 Å². The Morgan fingerprint density at radius 3 is 2.07 bits per heavy atom. The van der Waals surface area contributed by atoms with Crippen molar-refractivity contribution in [3.05, 3.63) is 78.0 Å². The maximum atomic E-state index is 13.6. The summed E-state index contributed by atoms with van der Waals surface area (Å²) in [6.07, 6.45) is 1.39. The molecule has 0 saturated heterocycles. The Kier molecular flexibility index (Phi) is 7.45. The Bertz CT molecular complexity index is 894. The van der Waals surface area contributed by atoms with Crippen molar-refractivity contribution >= 4 is 23.1 Å². The van der Waals surface area contributed by atoms with Crippen molar-refractivity contribution in [1.82, 2.24) is 4.98 Å². The molecule has 0 aliphatic heterocycles. The van der Waals surface area contributed by atoms with Gasteiger partial charge in [0.15, 0.2) is 0 Å². The van der Waals surface area contributed by atoms with E-state index in [0.717, 1.165) is 23.6 Å². The molecule has 5 nitrogen and oxygen atoms in total. The van der Waals surface area contributed by atoms with Gasteiger partial charge in [-0.2, -0.15) is 0 Å². The molecule has 0 spiro atoms. The molecule has 0 aliphatic rings. The van der Waals surface area contributed by atoms with Gasteiger partial charge in [-0.15, -0.1) is 0 Å². The van der Waals surface area contributed by atoms with E-state index in [4.69, 9.17) is 4.74 Å². The number of anilines is 3. The van der Waals surface area contributed by atoms with Crippen LogP contribution < -0.4 is 15.4 Å². The first kappa shape index (κ1) is 20.8. The van der Waals surface area contributed by atoms with E-state index in [2.05, 4.69) is 15.6 Å². The minimum absolute atomic E-state index is 0.318. The second kappa shape index (κ2) is 10.0. The highest BCUT2D eigenvalue weighted by molar-refractivity contribution is 6.04. The van der Waals surface area contributed by atoms with Gasteiger partial charge in [0.1, 0.15) is 28.8 Å². The summed E-state index contributed by atoms with van der Waals surface area (Å²) in [7, 11) is 1.59. The number of amides is 1. The van der Waals surface area contributed by atoms with Crippen LogP contribution in [0.5, 0.6) is 5.75 Å². The molecule has 28 heavy (non-hydrogen) atoms. The third kappa shape index (κ3) is 5.26. The molecule has 2 aromatic carbocycles. The number of aromatic nitrogens is 1. The van der Waals surface area contributed by atoms with Crippen LogP contribution in [0, 0.1) is 11.6 Å². The molecule has 0 unspecified atom stereocenters. The van der Waals surface area contributed by atoms with Crippen molar-refractivity contribution in [3.63, 3.8) is 0 Å². The number of carbonyl (C=O) groups excluding carboxylic acids is 1. The Hall–Kier alpha value is -3.48. The van der Waals surface area contributed by atoms with Crippen molar-refractivity contribution in [2.75, 3.05) is 17.7 Å². The number of ether oxygens (including phenoxy) is 1. The summed E-state index contributed by atoms with van der Waals surface area (Å²) in [6, 6.07) is 13.7. The third-order valence-corrected chi connectivity index (χ3v) is 3.57. The molecule has 1 heterocycles. The van der Waals surface area contributed by atoms with Gasteiger partial charge in [0.2, 0.25) is 0 Å². The Morgan fingerprint density at radius 2 is 1.54 bits per heavy atom. The number of rotatable bonds is 5. The predicted octanol–water partition coefficient (Wildman–Crippen LogP) is 5.39. The normalized spacial score (nSPS) is 9.75. The van der Waals surface area contributed by atoms with Crippen LogP contribution in [0.3, 0.4) is 0 Å². The van der Waals surface area contributed by atoms with Crippen molar-refractivity contribution in [1.29, 1.82) is 0 Å². The lowest BCUT2D eigenvalue weighted by Crippen LogP contribution is -2.16. The predicted molar refractivity (Wildman–Crippen MR) is 106 cm³/mol. The quantitative estimate of drug-likeness (QED) is 0.618. The summed E-state index contributed by atoms with van der Waals surface area (Å²) < 4.78 is 32.3. The molecular weight excluding hydrogens is 364 g/mol. The molecule has 7 heteroatoms. The topological polar surface area (TPSA) is 63.2 Å². The lowest BCUT2D eigenvalue weighted by Gasteiger charge is -2.09. The first-order valence-electron chi connectivity index (χ1n) is 8.69. The van der Waals surface area contributed by atoms with Crippen molar-refractivity contribution < 1.29 is 18.3 Å². The number of nitrogens with zero attached hydrogens (tertiary/aromatic N) is 1. The zero-order chi connectivity index (χ0) is 20.5. The fourth-order valence-corrected chi connectivity index (χ4v) is 2.27. The molecule has 146 valence electrons. The van der Waals surface area contributed by atoms with E-state index in [1.807, 2.05) is 26.0 Å². The molecular formula is C21H21F2N3O2. The van der Waals surface area contributed by atoms with Gasteiger partial charge < -0.3 is 15.4 Å². The number of halogens is 2. The summed E-state index contributed by atoms with van der Waals surface area (Å²) in [4.78, 5) is 16.2. The largest absolute Gasteiger partial charge is 0.497 e. The van der Waals surface area contributed by atoms with Crippen LogP contribution in [0.4, 0.5) is 26.0 Å². The highest BCUT2D eigenvalue weighted by Crippen LogP contribution is 2.20. The zero-order valence-corrected chi connectivity index (χ0v) is 15.8. The first-order valence-corrected chi connectivity index (χ1v) is 8.69. The molecule has 1 aromatic heterocycles. The number of nitrogens with one attached hydrogen (secondary N) is 2. The van der Waals surface area contributed by atoms with Crippen molar-refractivity contribution in [2.45, 2.75) is 13.8 Å². The van der Waals surface area contributed by atoms with Crippen LogP contribution in [0.1, 0.15) is 24.2 Å². The molecule has 1 amide bonds. The minimum Gasteiger partial charge on any atom is -0.497 e. The van der Waals surface area contributed by atoms with Gasteiger partial charge >= 0.3 is 0 Å². The lowest BCUT2D eigenvalue weighted by molar-refractivity contribution is 0.101. The SMILES string of the molecule is CC.COc1ccc(Nc2ccc(NC(=O)c3c(F)cccc3F)cn2)cc1. The molecule has 0 radical (unpaired) electrons. The van der Waals surface area contributed by atoms with Crippen LogP contribution in [-0.2, 0) is 0 Å². The summed E-state index contributed by atoms with van der Waals surface area (Å²) in [5, 5.41) is 5.51. The van der Waals surface area contributed by atoms with Gasteiger partial charge in [0.05, 0.1) is 19.0 Å². The zero-order valence-electron chi connectivity index (χ0n) is 15.8. The van der Waals surface area contributed by atoms with E-state index in [-0.39, 0.29) is 0 Å². The summed E-state index contributed by atoms with van der Waals surface area (Å²) >= 11 is 0. The number of benzene rings is 2. The molecule has 2 N–H and O–H groups in total. The van der Waals surface area contributed by atoms with Crippen LogP contribution >= 0.6 is 0 Å². The van der Waals surface area contributed by atoms with Gasteiger partial charge in [0, 0.05) is 5.69 Å². The third-order valence-electron chi connectivity index (χ3n) is 3.57. The molecule has 3 rings (SSSR count). The number of carbonyl (C=O) groups is 1. The van der Waals surface area contributed by atoms with E-state index < -0.39 is 23.1 Å². The minimum atomic E-state index is -0.923. The highest BCUT2D eigenvalue weighted by Gasteiger charge is 2.17. The average molecular weight is 385 g/mol. The summed E-state index contributed by atoms with van der Waals surface area (Å²) in [5.74, 6) is -1.44. The highest BCUT2D eigenvalue weighted by atomic mass is 19.1. The van der Waals surface area contributed by atoms with E-state index in [9.17, 15) is 13.6 Å². The number of hydrogen-bond acceptors (Lipinski definition) is 4. The van der Waals surface area contributed by atoms with E-state index in [1.54, 1.807) is 31.4 Å². The molecule has 0 fully saturated rings. The van der Waals surface area contributed by atoms with Crippen LogP contribution in [0.2, 0.25) is 0 Å². The molecule has 0 atom stereocenters. The second-order valence-electron chi connectivity index (χ2n) is 5.34. The number of methoxy groups -OCH3 is 1. The van der Waals surface area contributed by atoms with E-state index >= 15 is 0 Å². The fourth-order valence-electron chi connectivity index (χ4n) is 2.27. The standard InChI is InChI=1S/C19H15F2N3O2.C2H6/c1-26-14-8-5-12(6-9-14)23-17-10-7-13(11-22-17)24-19(25)18-15(20)3-2-4-16(18)21;1-2/h2-11H,1H3,(H,22,23)(H,24,25);1-2H3. The van der Waals surface area contributed by atoms with Crippen molar-refractivity contribution in [2.24, 2.45) is 0 Å². The van der Waals surface area contributed by atoms with Gasteiger partial charge in [-0.05, 0) is 48.5 Å². The molecule has 0 aliphatic carbocycles. The molecule has 0 bridgehead atoms. The number of hydrogen-bond donors (Lipinski definition) is 2. The maximum Gasteiger partial charge on any atom is 0.261 e. The van der Waals surface area contributed by atoms with Gasteiger partial charge in [-0.25, -0.2) is 13.8 Å². The molecule has 3 aromatic rings. The lowest BCUT2D eigenvalue weighted by atomic mass is 10.2. The Labute approximate surface area is 162 Å². The van der Waals surface area contributed by atoms with Crippen LogP contribution in [0.25, 0.3) is 0 Å². The van der Waals surface area contributed by atoms with Gasteiger partial charge in [0.25, 0.3) is 5.91 Å². The van der Waals surface area contributed by atoms with Crippen molar-refractivity contribution in [3.8, 4) is 5.75 Å².